The second-order valence-electron chi connectivity index (χ2n) is 6.64. The smallest absolute Gasteiger partial charge is 0.313 e. The van der Waals surface area contributed by atoms with Gasteiger partial charge < -0.3 is 29.6 Å². The van der Waals surface area contributed by atoms with Crippen molar-refractivity contribution in [2.24, 2.45) is 0 Å². The molecule has 1 aromatic heterocycles. The van der Waals surface area contributed by atoms with Crippen LogP contribution in [0, 0.1) is 0 Å². The minimum Gasteiger partial charge on any atom is -0.486 e. The maximum absolute atomic E-state index is 12.2. The topological polar surface area (TPSA) is 110 Å². The van der Waals surface area contributed by atoms with Crippen LogP contribution < -0.4 is 20.1 Å². The number of anilines is 1. The number of ether oxygens (including phenoxy) is 2. The Morgan fingerprint density at radius 3 is 2.78 bits per heavy atom. The summed E-state index contributed by atoms with van der Waals surface area (Å²) >= 11 is 0. The zero-order valence-corrected chi connectivity index (χ0v) is 14.6. The third-order valence-corrected chi connectivity index (χ3v) is 4.79. The fourth-order valence-corrected chi connectivity index (χ4v) is 3.42. The highest BCUT2D eigenvalue weighted by atomic mass is 16.6. The van der Waals surface area contributed by atoms with E-state index in [2.05, 4.69) is 10.6 Å². The summed E-state index contributed by atoms with van der Waals surface area (Å²) in [5, 5.41) is 15.9. The van der Waals surface area contributed by atoms with Crippen molar-refractivity contribution < 1.29 is 28.6 Å². The molecule has 8 heteroatoms. The first-order chi connectivity index (χ1) is 13.0. The van der Waals surface area contributed by atoms with E-state index in [1.54, 1.807) is 24.3 Å². The van der Waals surface area contributed by atoms with Gasteiger partial charge in [-0.2, -0.15) is 0 Å². The summed E-state index contributed by atoms with van der Waals surface area (Å²) < 4.78 is 16.2. The Kier molecular flexibility index (Phi) is 4.49. The lowest BCUT2D eigenvalue weighted by Crippen LogP contribution is -2.45. The minimum absolute atomic E-state index is 0.0626. The molecule has 1 aliphatic heterocycles. The molecule has 1 unspecified atom stereocenters. The first-order valence-electron chi connectivity index (χ1n) is 8.83. The largest absolute Gasteiger partial charge is 0.486 e. The van der Waals surface area contributed by atoms with Crippen LogP contribution in [0.5, 0.6) is 11.5 Å². The first-order valence-corrected chi connectivity index (χ1v) is 8.83. The van der Waals surface area contributed by atoms with Gasteiger partial charge in [-0.3, -0.25) is 9.59 Å². The van der Waals surface area contributed by atoms with E-state index in [-0.39, 0.29) is 6.54 Å². The highest BCUT2D eigenvalue weighted by molar-refractivity contribution is 6.39. The lowest BCUT2D eigenvalue weighted by Gasteiger charge is -2.31. The van der Waals surface area contributed by atoms with Gasteiger partial charge in [0.05, 0.1) is 12.8 Å². The van der Waals surface area contributed by atoms with Crippen LogP contribution >= 0.6 is 0 Å². The first kappa shape index (κ1) is 17.4. The Morgan fingerprint density at radius 2 is 1.93 bits per heavy atom. The molecule has 2 aliphatic rings. The van der Waals surface area contributed by atoms with Crippen molar-refractivity contribution in [2.75, 3.05) is 25.1 Å². The Labute approximate surface area is 155 Å². The van der Waals surface area contributed by atoms with E-state index in [1.165, 1.54) is 6.26 Å². The predicted molar refractivity (Wildman–Crippen MR) is 94.6 cm³/mol. The molecule has 3 N–H and O–H groups in total. The van der Waals surface area contributed by atoms with Crippen molar-refractivity contribution in [2.45, 2.75) is 24.9 Å². The van der Waals surface area contributed by atoms with Crippen LogP contribution in [0.1, 0.15) is 24.2 Å². The van der Waals surface area contributed by atoms with Crippen LogP contribution in [0.2, 0.25) is 0 Å². The van der Waals surface area contributed by atoms with Gasteiger partial charge in [0.25, 0.3) is 0 Å². The summed E-state index contributed by atoms with van der Waals surface area (Å²) in [4.78, 5) is 24.3. The van der Waals surface area contributed by atoms with Crippen LogP contribution in [-0.2, 0) is 21.6 Å². The van der Waals surface area contributed by atoms with Gasteiger partial charge in [-0.05, 0) is 31.0 Å². The minimum atomic E-state index is -1.23. The average molecular weight is 372 g/mol. The Bertz CT molecular complexity index is 877. The fraction of sp³-hybridized carbons (Fsp3) is 0.368. The van der Waals surface area contributed by atoms with E-state index in [0.29, 0.717) is 42.4 Å². The number of hydrogen-bond acceptors (Lipinski definition) is 6. The molecular weight excluding hydrogens is 352 g/mol. The third kappa shape index (κ3) is 3.48. The summed E-state index contributed by atoms with van der Waals surface area (Å²) in [5.41, 5.74) is -0.137. The average Bonchev–Trinajstić information content (AvgIpc) is 3.17. The maximum Gasteiger partial charge on any atom is 0.313 e. The number of furan rings is 1. The molecule has 1 atom stereocenters. The lowest BCUT2D eigenvalue weighted by molar-refractivity contribution is -0.137. The van der Waals surface area contributed by atoms with Crippen LogP contribution in [0.4, 0.5) is 5.69 Å². The summed E-state index contributed by atoms with van der Waals surface area (Å²) in [6.07, 6.45) is 3.51. The molecule has 2 aromatic rings. The van der Waals surface area contributed by atoms with Gasteiger partial charge in [-0.1, -0.05) is 0 Å². The molecule has 0 radical (unpaired) electrons. The summed E-state index contributed by atoms with van der Waals surface area (Å²) in [6, 6.07) is 6.61. The molecule has 1 aromatic carbocycles. The van der Waals surface area contributed by atoms with Crippen molar-refractivity contribution in [3.63, 3.8) is 0 Å². The van der Waals surface area contributed by atoms with E-state index >= 15 is 0 Å². The fourth-order valence-electron chi connectivity index (χ4n) is 3.42. The molecule has 0 spiro atoms. The number of aryl methyl sites for hydroxylation is 1. The Morgan fingerprint density at radius 1 is 1.11 bits per heavy atom. The molecule has 2 heterocycles. The van der Waals surface area contributed by atoms with Crippen LogP contribution in [0.3, 0.4) is 0 Å². The number of hydrogen-bond donors (Lipinski definition) is 3. The molecule has 1 aliphatic carbocycles. The summed E-state index contributed by atoms with van der Waals surface area (Å²) in [6.45, 7) is 0.842. The van der Waals surface area contributed by atoms with Crippen molar-refractivity contribution in [3.05, 3.63) is 41.9 Å². The summed E-state index contributed by atoms with van der Waals surface area (Å²) in [7, 11) is 0. The summed E-state index contributed by atoms with van der Waals surface area (Å²) in [5.74, 6) is 0.189. The molecule has 2 amide bonds. The van der Waals surface area contributed by atoms with Gasteiger partial charge in [0, 0.05) is 23.7 Å². The molecule has 0 saturated heterocycles. The number of carbonyl (C=O) groups excluding carboxylic acids is 2. The number of fused-ring (bicyclic) bond motifs is 2. The molecule has 142 valence electrons. The normalized spacial score (nSPS) is 20.5. The third-order valence-electron chi connectivity index (χ3n) is 4.79. The monoisotopic (exact) mass is 372 g/mol. The van der Waals surface area contributed by atoms with Crippen LogP contribution in [0.15, 0.2) is 34.9 Å². The molecule has 27 heavy (non-hydrogen) atoms. The number of aliphatic hydroxyl groups is 1. The molecule has 4 rings (SSSR count). The zero-order valence-electron chi connectivity index (χ0n) is 14.6. The standard InChI is InChI=1S/C19H20N2O6/c22-17(20-11-19(24)6-1-2-14-13(19)5-7-25-14)18(23)21-12-3-4-15-16(10-12)27-9-8-26-15/h3-5,7,10,24H,1-2,6,8-9,11H2,(H,20,22)(H,21,23). The van der Waals surface area contributed by atoms with E-state index < -0.39 is 17.4 Å². The van der Waals surface area contributed by atoms with E-state index in [4.69, 9.17) is 13.9 Å². The van der Waals surface area contributed by atoms with Gasteiger partial charge in [0.1, 0.15) is 24.6 Å². The van der Waals surface area contributed by atoms with E-state index in [1.807, 2.05) is 0 Å². The van der Waals surface area contributed by atoms with Crippen molar-refractivity contribution >= 4 is 17.5 Å². The Hall–Kier alpha value is -3.00. The number of rotatable bonds is 3. The Balaban J connectivity index is 1.37. The maximum atomic E-state index is 12.2. The zero-order chi connectivity index (χ0) is 18.9. The molecule has 0 saturated carbocycles. The van der Waals surface area contributed by atoms with Gasteiger partial charge in [0.2, 0.25) is 0 Å². The lowest BCUT2D eigenvalue weighted by atomic mass is 9.83. The van der Waals surface area contributed by atoms with Crippen molar-refractivity contribution in [3.8, 4) is 11.5 Å². The second-order valence-corrected chi connectivity index (χ2v) is 6.64. The molecule has 0 bridgehead atoms. The van der Waals surface area contributed by atoms with Crippen molar-refractivity contribution in [1.29, 1.82) is 0 Å². The second kappa shape index (κ2) is 6.96. The van der Waals surface area contributed by atoms with E-state index in [9.17, 15) is 14.7 Å². The van der Waals surface area contributed by atoms with Crippen LogP contribution in [-0.4, -0.2) is 36.7 Å². The number of benzene rings is 1. The van der Waals surface area contributed by atoms with Gasteiger partial charge in [-0.15, -0.1) is 0 Å². The highest BCUT2D eigenvalue weighted by Gasteiger charge is 2.37. The highest BCUT2D eigenvalue weighted by Crippen LogP contribution is 2.35. The van der Waals surface area contributed by atoms with Crippen LogP contribution in [0.25, 0.3) is 0 Å². The quantitative estimate of drug-likeness (QED) is 0.701. The predicted octanol–water partition coefficient (Wildman–Crippen LogP) is 1.33. The van der Waals surface area contributed by atoms with E-state index in [0.717, 1.165) is 18.6 Å². The SMILES string of the molecule is O=C(NCC1(O)CCCc2occc21)C(=O)Nc1ccc2c(c1)OCCO2. The number of amides is 2. The molecule has 8 nitrogen and oxygen atoms in total. The van der Waals surface area contributed by atoms with Gasteiger partial charge in [-0.25, -0.2) is 0 Å². The number of nitrogens with one attached hydrogen (secondary N) is 2. The van der Waals surface area contributed by atoms with Gasteiger partial charge >= 0.3 is 11.8 Å². The molecular formula is C19H20N2O6. The molecule has 0 fully saturated rings. The van der Waals surface area contributed by atoms with Crippen molar-refractivity contribution in [1.82, 2.24) is 5.32 Å². The number of carbonyl (C=O) groups is 2. The van der Waals surface area contributed by atoms with Gasteiger partial charge in [0.15, 0.2) is 11.5 Å².